The third-order valence-corrected chi connectivity index (χ3v) is 8.96. The molecule has 17 heteroatoms. The lowest BCUT2D eigenvalue weighted by Crippen LogP contribution is -2.57. The van der Waals surface area contributed by atoms with Crippen LogP contribution in [0.15, 0.2) is 29.2 Å². The van der Waals surface area contributed by atoms with Crippen LogP contribution in [0.4, 0.5) is 10.7 Å². The molecule has 0 spiro atoms. The van der Waals surface area contributed by atoms with E-state index in [1.807, 2.05) is 5.32 Å². The highest BCUT2D eigenvalue weighted by atomic mass is 32.2. The number of hydrogen-bond donors (Lipinski definition) is 4. The second kappa shape index (κ2) is 11.1. The molecular formula is C23H22N4O11S2. The largest absolute Gasteiger partial charge is 0.478 e. The van der Waals surface area contributed by atoms with Gasteiger partial charge in [-0.05, 0) is 29.8 Å². The van der Waals surface area contributed by atoms with Crippen LogP contribution >= 0.6 is 11.3 Å². The number of nitrogens with zero attached hydrogens (tertiary/aromatic N) is 2. The number of imide groups is 1. The molecule has 4 amide bonds. The van der Waals surface area contributed by atoms with Crippen molar-refractivity contribution in [2.45, 2.75) is 31.0 Å². The number of amides is 4. The van der Waals surface area contributed by atoms with E-state index in [0.717, 1.165) is 20.5 Å². The van der Waals surface area contributed by atoms with Gasteiger partial charge in [0.05, 0.1) is 42.8 Å². The van der Waals surface area contributed by atoms with E-state index in [9.17, 15) is 42.3 Å². The van der Waals surface area contributed by atoms with Gasteiger partial charge >= 0.3 is 17.8 Å². The van der Waals surface area contributed by atoms with Crippen molar-refractivity contribution < 1.29 is 52.1 Å². The van der Waals surface area contributed by atoms with Gasteiger partial charge in [0.15, 0.2) is 0 Å². The Morgan fingerprint density at radius 1 is 1.05 bits per heavy atom. The molecule has 15 nitrogen and oxygen atoms in total. The van der Waals surface area contributed by atoms with Crippen LogP contribution in [0.3, 0.4) is 0 Å². The molecule has 0 saturated carbocycles. The molecule has 1 fully saturated rings. The van der Waals surface area contributed by atoms with Crippen LogP contribution in [0.5, 0.6) is 0 Å². The van der Waals surface area contributed by atoms with Crippen LogP contribution in [0.2, 0.25) is 0 Å². The lowest BCUT2D eigenvalue weighted by molar-refractivity contribution is -0.152. The van der Waals surface area contributed by atoms with E-state index in [-0.39, 0.29) is 46.5 Å². The van der Waals surface area contributed by atoms with Crippen LogP contribution in [0, 0.1) is 0 Å². The number of carboxylic acids is 2. The zero-order valence-corrected chi connectivity index (χ0v) is 22.3. The maximum Gasteiger partial charge on any atom is 0.394 e. The molecule has 2 aromatic rings. The molecule has 0 aliphatic carbocycles. The number of fused-ring (bicyclic) bond motifs is 1. The number of thiophene rings is 1. The summed E-state index contributed by atoms with van der Waals surface area (Å²) in [5, 5.41) is 22.9. The number of piperazine rings is 1. The fourth-order valence-electron chi connectivity index (χ4n) is 4.22. The van der Waals surface area contributed by atoms with Gasteiger partial charge in [-0.2, -0.15) is 4.31 Å². The van der Waals surface area contributed by atoms with Crippen molar-refractivity contribution in [1.29, 1.82) is 0 Å². The number of anilines is 2. The topological polar surface area (TPSA) is 217 Å². The minimum absolute atomic E-state index is 0.0594. The maximum absolute atomic E-state index is 13.0. The second-order valence-corrected chi connectivity index (χ2v) is 11.8. The summed E-state index contributed by atoms with van der Waals surface area (Å²) in [7, 11) is -4.22. The highest BCUT2D eigenvalue weighted by Gasteiger charge is 2.40. The second-order valence-electron chi connectivity index (χ2n) is 8.79. The Morgan fingerprint density at radius 2 is 1.68 bits per heavy atom. The van der Waals surface area contributed by atoms with Gasteiger partial charge < -0.3 is 25.6 Å². The Morgan fingerprint density at radius 3 is 2.23 bits per heavy atom. The van der Waals surface area contributed by atoms with Crippen LogP contribution in [0.1, 0.15) is 27.7 Å². The number of ether oxygens (including phenoxy) is 1. The Bertz CT molecular complexity index is 1510. The first-order valence-corrected chi connectivity index (χ1v) is 13.8. The standard InChI is InChI=1S/C23H22N4O11S2/c1-11(28)24-12-2-4-14(5-3-12)40(36,37)26-8-17(29)27(18(30)9-26)7-13-6-15-16(10-38-13)39-21(19(15)22(32)33)25-20(31)23(34)35/h2-5,13H,6-10H2,1H3,(H,24,28)(H,25,31)(H,32,33)(H,34,35). The highest BCUT2D eigenvalue weighted by molar-refractivity contribution is 7.89. The Kier molecular flexibility index (Phi) is 8.01. The highest BCUT2D eigenvalue weighted by Crippen LogP contribution is 2.38. The lowest BCUT2D eigenvalue weighted by Gasteiger charge is -2.34. The number of benzene rings is 1. The minimum Gasteiger partial charge on any atom is -0.478 e. The van der Waals surface area contributed by atoms with Gasteiger partial charge in [-0.1, -0.05) is 0 Å². The third-order valence-electron chi connectivity index (χ3n) is 6.03. The molecule has 3 heterocycles. The SMILES string of the molecule is CC(=O)Nc1ccc(S(=O)(=O)N2CC(=O)N(CC3Cc4c(sc(NC(=O)C(=O)O)c4C(=O)O)CO3)C(=O)C2)cc1. The van der Waals surface area contributed by atoms with E-state index >= 15 is 0 Å². The van der Waals surface area contributed by atoms with Crippen LogP contribution in [0.25, 0.3) is 0 Å². The minimum atomic E-state index is -4.22. The van der Waals surface area contributed by atoms with Crippen molar-refractivity contribution in [1.82, 2.24) is 9.21 Å². The molecule has 2 aliphatic rings. The lowest BCUT2D eigenvalue weighted by atomic mass is 10.0. The molecule has 4 rings (SSSR count). The first-order valence-electron chi connectivity index (χ1n) is 11.5. The molecule has 40 heavy (non-hydrogen) atoms. The van der Waals surface area contributed by atoms with Crippen LogP contribution in [-0.2, 0) is 51.8 Å². The van der Waals surface area contributed by atoms with E-state index in [1.165, 1.54) is 31.2 Å². The van der Waals surface area contributed by atoms with Gasteiger partial charge in [0.2, 0.25) is 27.7 Å². The fourth-order valence-corrected chi connectivity index (χ4v) is 6.70. The zero-order chi connectivity index (χ0) is 29.4. The molecule has 1 unspecified atom stereocenters. The summed E-state index contributed by atoms with van der Waals surface area (Å²) in [5.74, 6) is -6.56. The number of rotatable bonds is 7. The van der Waals surface area contributed by atoms with Gasteiger partial charge in [-0.3, -0.25) is 24.1 Å². The molecule has 0 radical (unpaired) electrons. The summed E-state index contributed by atoms with van der Waals surface area (Å²) < 4.78 is 32.5. The van der Waals surface area contributed by atoms with E-state index in [4.69, 9.17) is 9.84 Å². The van der Waals surface area contributed by atoms with E-state index < -0.39 is 58.9 Å². The predicted molar refractivity (Wildman–Crippen MR) is 136 cm³/mol. The first kappa shape index (κ1) is 28.8. The van der Waals surface area contributed by atoms with E-state index in [0.29, 0.717) is 10.6 Å². The monoisotopic (exact) mass is 594 g/mol. The number of aliphatic carboxylic acids is 1. The zero-order valence-electron chi connectivity index (χ0n) is 20.7. The van der Waals surface area contributed by atoms with Crippen molar-refractivity contribution in [3.05, 3.63) is 40.3 Å². The van der Waals surface area contributed by atoms with E-state index in [2.05, 4.69) is 5.32 Å². The normalized spacial score (nSPS) is 17.7. The van der Waals surface area contributed by atoms with Crippen molar-refractivity contribution in [3.63, 3.8) is 0 Å². The van der Waals surface area contributed by atoms with Gasteiger partial charge in [-0.25, -0.2) is 18.0 Å². The number of nitrogens with one attached hydrogen (secondary N) is 2. The summed E-state index contributed by atoms with van der Waals surface area (Å²) in [4.78, 5) is 72.3. The van der Waals surface area contributed by atoms with E-state index in [1.54, 1.807) is 0 Å². The smallest absolute Gasteiger partial charge is 0.394 e. The summed E-state index contributed by atoms with van der Waals surface area (Å²) in [5.41, 5.74) is 0.339. The summed E-state index contributed by atoms with van der Waals surface area (Å²) in [6.07, 6.45) is -0.892. The summed E-state index contributed by atoms with van der Waals surface area (Å²) >= 11 is 0.847. The average Bonchev–Trinajstić information content (AvgIpc) is 3.23. The first-order chi connectivity index (χ1) is 18.8. The quantitative estimate of drug-likeness (QED) is 0.246. The predicted octanol–water partition coefficient (Wildman–Crippen LogP) is -0.0712. The van der Waals surface area contributed by atoms with Crippen molar-refractivity contribution >= 4 is 67.6 Å². The Balaban J connectivity index is 1.46. The summed E-state index contributed by atoms with van der Waals surface area (Å²) in [6.45, 7) is -0.336. The molecule has 1 aromatic carbocycles. The number of carbonyl (C=O) groups is 6. The van der Waals surface area contributed by atoms with Crippen molar-refractivity contribution in [2.75, 3.05) is 30.3 Å². The maximum atomic E-state index is 13.0. The van der Waals surface area contributed by atoms with Crippen LogP contribution in [-0.4, -0.2) is 89.1 Å². The van der Waals surface area contributed by atoms with Gasteiger partial charge in [-0.15, -0.1) is 11.3 Å². The molecule has 1 saturated heterocycles. The average molecular weight is 595 g/mol. The molecular weight excluding hydrogens is 572 g/mol. The Labute approximate surface area is 230 Å². The Hall–Kier alpha value is -4.19. The molecule has 0 bridgehead atoms. The number of sulfonamides is 1. The number of hydrogen-bond acceptors (Lipinski definition) is 10. The molecule has 1 aromatic heterocycles. The molecule has 4 N–H and O–H groups in total. The summed E-state index contributed by atoms with van der Waals surface area (Å²) in [6, 6.07) is 5.22. The van der Waals surface area contributed by atoms with Gasteiger partial charge in [0, 0.05) is 23.9 Å². The number of carboxylic acid groups (broad SMARTS) is 2. The fraction of sp³-hybridized carbons (Fsp3) is 0.304. The van der Waals surface area contributed by atoms with Crippen LogP contribution < -0.4 is 10.6 Å². The molecule has 1 atom stereocenters. The van der Waals surface area contributed by atoms with Crippen molar-refractivity contribution in [3.8, 4) is 0 Å². The number of aromatic carboxylic acids is 1. The molecule has 212 valence electrons. The molecule has 2 aliphatic heterocycles. The van der Waals surface area contributed by atoms with Gasteiger partial charge in [0.25, 0.3) is 0 Å². The number of carbonyl (C=O) groups excluding carboxylic acids is 4. The van der Waals surface area contributed by atoms with Gasteiger partial charge in [0.1, 0.15) is 5.00 Å². The van der Waals surface area contributed by atoms with Crippen molar-refractivity contribution in [2.24, 2.45) is 0 Å². The third kappa shape index (κ3) is 5.86.